The molecule has 16 nitrogen and oxygen atoms in total. The van der Waals surface area contributed by atoms with Gasteiger partial charge in [0.05, 0.1) is 17.8 Å². The first kappa shape index (κ1) is 41.1. The smallest absolute Gasteiger partial charge is 0.408 e. The highest BCUT2D eigenvalue weighted by molar-refractivity contribution is 8.14. The van der Waals surface area contributed by atoms with E-state index in [-0.39, 0.29) is 37.6 Å². The molecule has 1 aromatic heterocycles. The number of aromatic nitrogens is 1. The van der Waals surface area contributed by atoms with Crippen molar-refractivity contribution >= 4 is 57.7 Å². The molecule has 312 valence electrons. The van der Waals surface area contributed by atoms with Gasteiger partial charge in [-0.2, -0.15) is 0 Å². The standard InChI is InChI=1S/C41H52N6O10S/c1-7-23-16-41(23,37(52)53)46-35(50)31-14-26(17-47(31)36(51)34(40(4,5)6)45-39(54)57-25-11-21-10-22(21)12-25)56-32-15-29(30-19-58-38(44-30)42-20(2)3)43-28-13-24(8-9-27(28)32)55-18-33(48)49/h7-9,13,15,20-23,25-26,30-31,34H,1,10-12,14,16-19H2,2-6H3,(H,42,44)(H,45,54)(H,46,50)(H,48,49)(H,52,53)/t21-,22+,23?,25+,26-,30?,31+,34?,41-/m1/s1. The lowest BCUT2D eigenvalue weighted by molar-refractivity contribution is -0.146. The Kier molecular flexibility index (Phi) is 11.3. The number of carboxylic acid groups (broad SMARTS) is 2. The molecule has 9 atom stereocenters. The predicted molar refractivity (Wildman–Crippen MR) is 215 cm³/mol. The summed E-state index contributed by atoms with van der Waals surface area (Å²) in [6.45, 7) is 12.6. The number of nitrogens with one attached hydrogen (secondary N) is 3. The topological polar surface area (TPSA) is 218 Å². The fourth-order valence-corrected chi connectivity index (χ4v) is 9.38. The lowest BCUT2D eigenvalue weighted by Gasteiger charge is -2.35. The summed E-state index contributed by atoms with van der Waals surface area (Å²) < 4.78 is 17.9. The van der Waals surface area contributed by atoms with Gasteiger partial charge in [-0.25, -0.2) is 14.4 Å². The second-order valence-corrected chi connectivity index (χ2v) is 18.5. The van der Waals surface area contributed by atoms with Crippen LogP contribution in [0.4, 0.5) is 4.79 Å². The summed E-state index contributed by atoms with van der Waals surface area (Å²) in [6.07, 6.45) is 2.78. The largest absolute Gasteiger partial charge is 0.488 e. The molecule has 2 aromatic rings. The molecule has 1 aromatic carbocycles. The van der Waals surface area contributed by atoms with Gasteiger partial charge in [0.25, 0.3) is 0 Å². The lowest BCUT2D eigenvalue weighted by atomic mass is 9.85. The minimum Gasteiger partial charge on any atom is -0.488 e. The molecular formula is C41H52N6O10S. The molecule has 5 N–H and O–H groups in total. The molecule has 0 radical (unpaired) electrons. The summed E-state index contributed by atoms with van der Waals surface area (Å²) in [4.78, 5) is 76.8. The van der Waals surface area contributed by atoms with Crippen LogP contribution in [0.1, 0.15) is 78.5 Å². The summed E-state index contributed by atoms with van der Waals surface area (Å²) in [5.74, 6) is -1.52. The molecule has 2 aliphatic heterocycles. The first-order valence-corrected chi connectivity index (χ1v) is 20.8. The van der Waals surface area contributed by atoms with Crippen molar-refractivity contribution in [3.63, 3.8) is 0 Å². The van der Waals surface area contributed by atoms with Gasteiger partial charge in [-0.1, -0.05) is 38.6 Å². The Labute approximate surface area is 340 Å². The molecule has 3 saturated carbocycles. The SMILES string of the molecule is C=CC1C[C@]1(NC(=O)[C@@H]1C[C@@H](Oc2cc(C3CSC(NC(C)C)=N3)nc3cc(OCC(=O)O)ccc23)CN1C(=O)C(NC(=O)O[C@@H]1C[C@@H]2C[C@@H]2C1)C(C)(C)C)C(=O)O. The number of alkyl carbamates (subject to hydrolysis) is 1. The van der Waals surface area contributed by atoms with E-state index in [4.69, 9.17) is 24.2 Å². The van der Waals surface area contributed by atoms with Crippen molar-refractivity contribution in [2.45, 2.75) is 109 Å². The molecule has 3 amide bonds. The fourth-order valence-electron chi connectivity index (χ4n) is 8.30. The van der Waals surface area contributed by atoms with Gasteiger partial charge in [-0.05, 0) is 68.9 Å². The van der Waals surface area contributed by atoms with Crippen molar-refractivity contribution in [3.8, 4) is 11.5 Å². The molecule has 7 rings (SSSR count). The Hall–Kier alpha value is -5.06. The third kappa shape index (κ3) is 8.83. The highest BCUT2D eigenvalue weighted by Gasteiger charge is 2.61. The fraction of sp³-hybridized carbons (Fsp3) is 0.585. The Bertz CT molecular complexity index is 2030. The number of likely N-dealkylation sites (tertiary alicyclic amines) is 1. The van der Waals surface area contributed by atoms with Gasteiger partial charge >= 0.3 is 18.0 Å². The highest BCUT2D eigenvalue weighted by atomic mass is 32.2. The molecule has 17 heteroatoms. The van der Waals surface area contributed by atoms with Gasteiger partial charge in [0.2, 0.25) is 11.8 Å². The molecule has 58 heavy (non-hydrogen) atoms. The van der Waals surface area contributed by atoms with Gasteiger partial charge in [0.1, 0.15) is 47.4 Å². The lowest BCUT2D eigenvalue weighted by Crippen LogP contribution is -2.59. The third-order valence-corrected chi connectivity index (χ3v) is 12.5. The molecule has 3 heterocycles. The van der Waals surface area contributed by atoms with Crippen LogP contribution in [0.3, 0.4) is 0 Å². The summed E-state index contributed by atoms with van der Waals surface area (Å²) in [6, 6.07) is 4.32. The van der Waals surface area contributed by atoms with Crippen molar-refractivity contribution in [2.24, 2.45) is 28.2 Å². The summed E-state index contributed by atoms with van der Waals surface area (Å²) >= 11 is 1.56. The molecular weight excluding hydrogens is 769 g/mol. The van der Waals surface area contributed by atoms with Crippen LogP contribution in [0, 0.1) is 23.2 Å². The number of ether oxygens (including phenoxy) is 3. The van der Waals surface area contributed by atoms with Gasteiger partial charge in [0.15, 0.2) is 11.8 Å². The number of thioether (sulfide) groups is 1. The number of amidine groups is 1. The maximum atomic E-state index is 14.7. The van der Waals surface area contributed by atoms with E-state index < -0.39 is 71.5 Å². The highest BCUT2D eigenvalue weighted by Crippen LogP contribution is 2.52. The monoisotopic (exact) mass is 820 g/mol. The normalized spacial score (nSPS) is 28.9. The second kappa shape index (κ2) is 15.9. The van der Waals surface area contributed by atoms with E-state index in [1.165, 1.54) is 11.0 Å². The van der Waals surface area contributed by atoms with Crippen LogP contribution in [0.2, 0.25) is 0 Å². The molecule has 3 unspecified atom stereocenters. The van der Waals surface area contributed by atoms with E-state index in [0.29, 0.717) is 45.7 Å². The number of carboxylic acids is 2. The number of carbonyl (C=O) groups excluding carboxylic acids is 3. The summed E-state index contributed by atoms with van der Waals surface area (Å²) in [5, 5.41) is 29.5. The number of hydrogen-bond donors (Lipinski definition) is 5. The van der Waals surface area contributed by atoms with Gasteiger partial charge < -0.3 is 45.3 Å². The number of nitrogens with zero attached hydrogens (tertiary/aromatic N) is 3. The van der Waals surface area contributed by atoms with Crippen LogP contribution in [-0.4, -0.2) is 110 Å². The number of amides is 3. The number of hydrogen-bond acceptors (Lipinski definition) is 12. The van der Waals surface area contributed by atoms with Crippen LogP contribution in [0.25, 0.3) is 10.9 Å². The van der Waals surface area contributed by atoms with Crippen LogP contribution in [0.5, 0.6) is 11.5 Å². The number of carbonyl (C=O) groups is 5. The number of aliphatic imine (C=N–C) groups is 1. The van der Waals surface area contributed by atoms with Crippen molar-refractivity contribution in [3.05, 3.63) is 42.6 Å². The quantitative estimate of drug-likeness (QED) is 0.169. The van der Waals surface area contributed by atoms with E-state index in [9.17, 15) is 34.2 Å². The minimum atomic E-state index is -1.54. The van der Waals surface area contributed by atoms with Crippen LogP contribution >= 0.6 is 11.8 Å². The van der Waals surface area contributed by atoms with E-state index in [1.54, 1.807) is 36.0 Å². The predicted octanol–water partition coefficient (Wildman–Crippen LogP) is 4.27. The molecule has 5 aliphatic rings. The van der Waals surface area contributed by atoms with E-state index in [2.05, 4.69) is 22.5 Å². The van der Waals surface area contributed by atoms with Gasteiger partial charge in [-0.3, -0.25) is 19.6 Å². The minimum absolute atomic E-state index is 0.0109. The summed E-state index contributed by atoms with van der Waals surface area (Å²) in [7, 11) is 0. The Morgan fingerprint density at radius 1 is 1.07 bits per heavy atom. The Morgan fingerprint density at radius 3 is 2.45 bits per heavy atom. The van der Waals surface area contributed by atoms with E-state index in [1.807, 2.05) is 34.6 Å². The van der Waals surface area contributed by atoms with Crippen molar-refractivity contribution in [1.82, 2.24) is 25.8 Å². The first-order valence-electron chi connectivity index (χ1n) is 19.8. The van der Waals surface area contributed by atoms with Crippen LogP contribution < -0.4 is 25.4 Å². The number of pyridine rings is 1. The molecule has 1 saturated heterocycles. The number of aliphatic carboxylic acids is 2. The number of rotatable bonds is 14. The van der Waals surface area contributed by atoms with Crippen LogP contribution in [-0.2, 0) is 23.9 Å². The number of fused-ring (bicyclic) bond motifs is 2. The average molecular weight is 821 g/mol. The van der Waals surface area contributed by atoms with E-state index in [0.717, 1.165) is 24.4 Å². The zero-order valence-corrected chi connectivity index (χ0v) is 34.2. The molecule has 0 bridgehead atoms. The van der Waals surface area contributed by atoms with E-state index >= 15 is 0 Å². The Morgan fingerprint density at radius 2 is 1.81 bits per heavy atom. The first-order chi connectivity index (χ1) is 27.4. The van der Waals surface area contributed by atoms with Gasteiger partial charge in [0, 0.05) is 41.7 Å². The average Bonchev–Trinajstić information content (AvgIpc) is 3.82. The molecule has 3 aliphatic carbocycles. The van der Waals surface area contributed by atoms with Crippen molar-refractivity contribution in [2.75, 3.05) is 18.9 Å². The Balaban J connectivity index is 1.19. The molecule has 4 fully saturated rings. The summed E-state index contributed by atoms with van der Waals surface area (Å²) in [5.41, 5.74) is -1.29. The van der Waals surface area contributed by atoms with Crippen molar-refractivity contribution < 1.29 is 48.4 Å². The van der Waals surface area contributed by atoms with Crippen LogP contribution in [0.15, 0.2) is 41.9 Å². The number of benzene rings is 1. The third-order valence-electron chi connectivity index (χ3n) is 11.5. The maximum absolute atomic E-state index is 14.7. The zero-order chi connectivity index (χ0) is 41.7. The second-order valence-electron chi connectivity index (χ2n) is 17.5. The van der Waals surface area contributed by atoms with Crippen molar-refractivity contribution in [1.29, 1.82) is 0 Å². The maximum Gasteiger partial charge on any atom is 0.408 e. The van der Waals surface area contributed by atoms with Gasteiger partial charge in [-0.15, -0.1) is 6.58 Å². The zero-order valence-electron chi connectivity index (χ0n) is 33.4. The molecule has 0 spiro atoms.